The molecule has 2 aromatic rings. The molecular formula is C15H15IN2O2. The van der Waals surface area contributed by atoms with Crippen LogP contribution in [-0.2, 0) is 0 Å². The lowest BCUT2D eigenvalue weighted by Gasteiger charge is -2.10. The highest BCUT2D eigenvalue weighted by molar-refractivity contribution is 14.1. The smallest absolute Gasteiger partial charge is 0.255 e. The Hall–Kier alpha value is -1.76. The second-order valence-corrected chi connectivity index (χ2v) is 5.39. The van der Waals surface area contributed by atoms with Crippen LogP contribution in [-0.4, -0.2) is 12.5 Å². The average molecular weight is 382 g/mol. The zero-order valence-corrected chi connectivity index (χ0v) is 13.2. The first kappa shape index (κ1) is 14.6. The third-order valence-electron chi connectivity index (χ3n) is 2.67. The van der Waals surface area contributed by atoms with E-state index in [4.69, 9.17) is 10.5 Å². The molecule has 5 heteroatoms. The number of amides is 1. The van der Waals surface area contributed by atoms with Gasteiger partial charge in [-0.1, -0.05) is 6.07 Å². The summed E-state index contributed by atoms with van der Waals surface area (Å²) in [4.78, 5) is 12.1. The lowest BCUT2D eigenvalue weighted by Crippen LogP contribution is -2.13. The van der Waals surface area contributed by atoms with Crippen LogP contribution in [0.15, 0.2) is 42.5 Å². The van der Waals surface area contributed by atoms with Crippen molar-refractivity contribution in [3.63, 3.8) is 0 Å². The zero-order chi connectivity index (χ0) is 14.5. The van der Waals surface area contributed by atoms with Gasteiger partial charge in [0, 0.05) is 15.2 Å². The molecular weight excluding hydrogens is 367 g/mol. The summed E-state index contributed by atoms with van der Waals surface area (Å²) >= 11 is 2.17. The van der Waals surface area contributed by atoms with Crippen LogP contribution in [0.5, 0.6) is 5.75 Å². The average Bonchev–Trinajstić information content (AvgIpc) is 2.42. The number of nitrogens with two attached hydrogens (primary N) is 1. The van der Waals surface area contributed by atoms with Crippen molar-refractivity contribution in [1.82, 2.24) is 0 Å². The van der Waals surface area contributed by atoms with Crippen molar-refractivity contribution >= 4 is 39.9 Å². The van der Waals surface area contributed by atoms with E-state index in [0.717, 1.165) is 3.57 Å². The molecule has 20 heavy (non-hydrogen) atoms. The van der Waals surface area contributed by atoms with Crippen molar-refractivity contribution in [3.05, 3.63) is 51.6 Å². The van der Waals surface area contributed by atoms with E-state index in [-0.39, 0.29) is 5.91 Å². The Balaban J connectivity index is 2.15. The predicted octanol–water partition coefficient (Wildman–Crippen LogP) is 3.52. The maximum atomic E-state index is 12.1. The first-order valence-corrected chi connectivity index (χ1v) is 7.27. The molecule has 2 aromatic carbocycles. The SMILES string of the molecule is CCOc1ccc(NC(=O)c2cccc(I)c2)c(N)c1. The standard InChI is InChI=1S/C15H15IN2O2/c1-2-20-12-6-7-14(13(17)9-12)18-15(19)10-4-3-5-11(16)8-10/h3-9H,2,17H2,1H3,(H,18,19). The molecule has 2 rings (SSSR count). The van der Waals surface area contributed by atoms with Gasteiger partial charge >= 0.3 is 0 Å². The Bertz CT molecular complexity index is 629. The van der Waals surface area contributed by atoms with Gasteiger partial charge in [0.15, 0.2) is 0 Å². The molecule has 3 N–H and O–H groups in total. The Labute approximate surface area is 131 Å². The van der Waals surface area contributed by atoms with Crippen LogP contribution in [0.3, 0.4) is 0 Å². The van der Waals surface area contributed by atoms with E-state index in [9.17, 15) is 4.79 Å². The van der Waals surface area contributed by atoms with Crippen LogP contribution in [0, 0.1) is 3.57 Å². The summed E-state index contributed by atoms with van der Waals surface area (Å²) in [7, 11) is 0. The Morgan fingerprint density at radius 3 is 2.75 bits per heavy atom. The molecule has 0 aromatic heterocycles. The number of benzene rings is 2. The normalized spacial score (nSPS) is 10.1. The fraction of sp³-hybridized carbons (Fsp3) is 0.133. The van der Waals surface area contributed by atoms with Gasteiger partial charge in [0.1, 0.15) is 5.75 Å². The molecule has 0 aliphatic carbocycles. The van der Waals surface area contributed by atoms with E-state index in [0.29, 0.717) is 29.3 Å². The molecule has 0 bridgehead atoms. The molecule has 0 radical (unpaired) electrons. The molecule has 0 saturated heterocycles. The Kier molecular flexibility index (Phi) is 4.84. The minimum atomic E-state index is -0.181. The van der Waals surface area contributed by atoms with Gasteiger partial charge in [0.2, 0.25) is 0 Å². The summed E-state index contributed by atoms with van der Waals surface area (Å²) < 4.78 is 6.36. The third kappa shape index (κ3) is 3.63. The summed E-state index contributed by atoms with van der Waals surface area (Å²) in [6, 6.07) is 12.6. The number of carbonyl (C=O) groups excluding carboxylic acids is 1. The van der Waals surface area contributed by atoms with E-state index in [1.165, 1.54) is 0 Å². The summed E-state index contributed by atoms with van der Waals surface area (Å²) in [5.74, 6) is 0.511. The van der Waals surface area contributed by atoms with E-state index in [2.05, 4.69) is 27.9 Å². The molecule has 0 heterocycles. The minimum absolute atomic E-state index is 0.181. The second kappa shape index (κ2) is 6.60. The monoisotopic (exact) mass is 382 g/mol. The number of rotatable bonds is 4. The molecule has 0 fully saturated rings. The van der Waals surface area contributed by atoms with Crippen LogP contribution in [0.1, 0.15) is 17.3 Å². The van der Waals surface area contributed by atoms with Crippen LogP contribution >= 0.6 is 22.6 Å². The molecule has 4 nitrogen and oxygen atoms in total. The van der Waals surface area contributed by atoms with Crippen molar-refractivity contribution in [1.29, 1.82) is 0 Å². The number of nitrogen functional groups attached to an aromatic ring is 1. The maximum Gasteiger partial charge on any atom is 0.255 e. The molecule has 0 saturated carbocycles. The minimum Gasteiger partial charge on any atom is -0.494 e. The molecule has 0 spiro atoms. The first-order chi connectivity index (χ1) is 9.60. The third-order valence-corrected chi connectivity index (χ3v) is 3.34. The number of halogens is 1. The second-order valence-electron chi connectivity index (χ2n) is 4.15. The van der Waals surface area contributed by atoms with E-state index in [1.807, 2.05) is 25.1 Å². The largest absolute Gasteiger partial charge is 0.494 e. The van der Waals surface area contributed by atoms with Crippen LogP contribution in [0.4, 0.5) is 11.4 Å². The number of nitrogens with one attached hydrogen (secondary N) is 1. The van der Waals surface area contributed by atoms with Gasteiger partial charge in [0.25, 0.3) is 5.91 Å². The van der Waals surface area contributed by atoms with Gasteiger partial charge < -0.3 is 15.8 Å². The topological polar surface area (TPSA) is 64.3 Å². The van der Waals surface area contributed by atoms with Gasteiger partial charge in [-0.2, -0.15) is 0 Å². The van der Waals surface area contributed by atoms with Crippen molar-refractivity contribution in [2.24, 2.45) is 0 Å². The van der Waals surface area contributed by atoms with Crippen LogP contribution in [0.2, 0.25) is 0 Å². The van der Waals surface area contributed by atoms with Gasteiger partial charge in [-0.3, -0.25) is 4.79 Å². The van der Waals surface area contributed by atoms with E-state index < -0.39 is 0 Å². The quantitative estimate of drug-likeness (QED) is 0.628. The van der Waals surface area contributed by atoms with Gasteiger partial charge in [-0.05, 0) is 59.8 Å². The highest BCUT2D eigenvalue weighted by Crippen LogP contribution is 2.25. The molecule has 0 aliphatic rings. The highest BCUT2D eigenvalue weighted by atomic mass is 127. The van der Waals surface area contributed by atoms with E-state index in [1.54, 1.807) is 24.3 Å². The molecule has 0 unspecified atom stereocenters. The van der Waals surface area contributed by atoms with E-state index >= 15 is 0 Å². The molecule has 104 valence electrons. The summed E-state index contributed by atoms with van der Waals surface area (Å²) in [6.07, 6.45) is 0. The Morgan fingerprint density at radius 2 is 2.10 bits per heavy atom. The predicted molar refractivity (Wildman–Crippen MR) is 89.1 cm³/mol. The number of hydrogen-bond donors (Lipinski definition) is 2. The molecule has 0 atom stereocenters. The van der Waals surface area contributed by atoms with Gasteiger partial charge in [-0.15, -0.1) is 0 Å². The van der Waals surface area contributed by atoms with Gasteiger partial charge in [0.05, 0.1) is 18.0 Å². The lowest BCUT2D eigenvalue weighted by atomic mass is 10.2. The number of carbonyl (C=O) groups is 1. The zero-order valence-electron chi connectivity index (χ0n) is 11.0. The number of anilines is 2. The van der Waals surface area contributed by atoms with Crippen molar-refractivity contribution in [2.75, 3.05) is 17.7 Å². The fourth-order valence-electron chi connectivity index (χ4n) is 1.74. The number of hydrogen-bond acceptors (Lipinski definition) is 3. The lowest BCUT2D eigenvalue weighted by molar-refractivity contribution is 0.102. The maximum absolute atomic E-state index is 12.1. The van der Waals surface area contributed by atoms with Crippen molar-refractivity contribution < 1.29 is 9.53 Å². The van der Waals surface area contributed by atoms with Gasteiger partial charge in [-0.25, -0.2) is 0 Å². The molecule has 1 amide bonds. The van der Waals surface area contributed by atoms with Crippen molar-refractivity contribution in [3.8, 4) is 5.75 Å². The van der Waals surface area contributed by atoms with Crippen molar-refractivity contribution in [2.45, 2.75) is 6.92 Å². The highest BCUT2D eigenvalue weighted by Gasteiger charge is 2.09. The van der Waals surface area contributed by atoms with Crippen LogP contribution < -0.4 is 15.8 Å². The van der Waals surface area contributed by atoms with Crippen LogP contribution in [0.25, 0.3) is 0 Å². The molecule has 0 aliphatic heterocycles. The Morgan fingerprint density at radius 1 is 1.30 bits per heavy atom. The number of ether oxygens (including phenoxy) is 1. The fourth-order valence-corrected chi connectivity index (χ4v) is 2.28. The summed E-state index contributed by atoms with van der Waals surface area (Å²) in [5, 5.41) is 2.80. The first-order valence-electron chi connectivity index (χ1n) is 6.19. The summed E-state index contributed by atoms with van der Waals surface area (Å²) in [6.45, 7) is 2.48. The summed E-state index contributed by atoms with van der Waals surface area (Å²) in [5.41, 5.74) is 7.58.